The number of nitro groups is 1. The second kappa shape index (κ2) is 7.27. The van der Waals surface area contributed by atoms with Gasteiger partial charge in [-0.15, -0.1) is 0 Å². The van der Waals surface area contributed by atoms with Gasteiger partial charge in [0.1, 0.15) is 5.69 Å². The van der Waals surface area contributed by atoms with Gasteiger partial charge in [-0.25, -0.2) is 4.68 Å². The van der Waals surface area contributed by atoms with Crippen molar-refractivity contribution in [3.05, 3.63) is 15.8 Å². The van der Waals surface area contributed by atoms with Crippen molar-refractivity contribution in [1.29, 1.82) is 0 Å². The van der Waals surface area contributed by atoms with Gasteiger partial charge in [0.25, 0.3) is 0 Å². The van der Waals surface area contributed by atoms with Crippen molar-refractivity contribution in [3.8, 4) is 0 Å². The van der Waals surface area contributed by atoms with Gasteiger partial charge in [0.15, 0.2) is 0 Å². The molecule has 1 aliphatic rings. The van der Waals surface area contributed by atoms with E-state index in [1.54, 1.807) is 18.7 Å². The molecule has 2 heterocycles. The smallest absolute Gasteiger partial charge is 0.334 e. The number of anilines is 1. The fourth-order valence-corrected chi connectivity index (χ4v) is 3.39. The number of hydrogen-bond acceptors (Lipinski definition) is 6. The van der Waals surface area contributed by atoms with Gasteiger partial charge in [0, 0.05) is 39.3 Å². The SMILES string of the molecule is CCc1nn(C)c(N2CCN(CC(C)O)C(CC)C2)c1[N+](=O)[O-]. The molecule has 0 radical (unpaired) electrons. The van der Waals surface area contributed by atoms with Crippen LogP contribution in [0.4, 0.5) is 11.5 Å². The van der Waals surface area contributed by atoms with Crippen molar-refractivity contribution >= 4 is 11.5 Å². The van der Waals surface area contributed by atoms with Gasteiger partial charge >= 0.3 is 5.69 Å². The maximum Gasteiger partial charge on any atom is 0.334 e. The molecule has 1 aliphatic heterocycles. The maximum atomic E-state index is 11.5. The van der Waals surface area contributed by atoms with E-state index in [0.29, 0.717) is 37.6 Å². The molecule has 23 heavy (non-hydrogen) atoms. The van der Waals surface area contributed by atoms with E-state index in [1.165, 1.54) is 0 Å². The fourth-order valence-electron chi connectivity index (χ4n) is 3.39. The van der Waals surface area contributed by atoms with Crippen LogP contribution in [-0.2, 0) is 13.5 Å². The lowest BCUT2D eigenvalue weighted by Crippen LogP contribution is -2.55. The van der Waals surface area contributed by atoms with E-state index >= 15 is 0 Å². The van der Waals surface area contributed by atoms with Crippen LogP contribution in [0.25, 0.3) is 0 Å². The average molecular weight is 325 g/mol. The molecular weight excluding hydrogens is 298 g/mol. The number of nitrogens with zero attached hydrogens (tertiary/aromatic N) is 5. The highest BCUT2D eigenvalue weighted by Crippen LogP contribution is 2.33. The summed E-state index contributed by atoms with van der Waals surface area (Å²) in [5, 5.41) is 25.5. The minimum absolute atomic E-state index is 0.133. The lowest BCUT2D eigenvalue weighted by molar-refractivity contribution is -0.384. The van der Waals surface area contributed by atoms with Crippen LogP contribution in [0, 0.1) is 10.1 Å². The number of aromatic nitrogens is 2. The molecule has 0 amide bonds. The van der Waals surface area contributed by atoms with Crippen molar-refractivity contribution in [1.82, 2.24) is 14.7 Å². The summed E-state index contributed by atoms with van der Waals surface area (Å²) in [6.07, 6.45) is 1.12. The van der Waals surface area contributed by atoms with Crippen LogP contribution in [0.15, 0.2) is 0 Å². The Kier molecular flexibility index (Phi) is 5.59. The van der Waals surface area contributed by atoms with Gasteiger partial charge in [0.05, 0.1) is 11.0 Å². The van der Waals surface area contributed by atoms with E-state index in [9.17, 15) is 15.2 Å². The van der Waals surface area contributed by atoms with Gasteiger partial charge in [-0.2, -0.15) is 5.10 Å². The van der Waals surface area contributed by atoms with Crippen LogP contribution in [0.3, 0.4) is 0 Å². The number of hydrogen-bond donors (Lipinski definition) is 1. The summed E-state index contributed by atoms with van der Waals surface area (Å²) in [5.41, 5.74) is 0.667. The average Bonchev–Trinajstić information content (AvgIpc) is 2.84. The molecular formula is C15H27N5O3. The van der Waals surface area contributed by atoms with Crippen molar-refractivity contribution in [2.45, 2.75) is 45.8 Å². The Morgan fingerprint density at radius 3 is 2.65 bits per heavy atom. The van der Waals surface area contributed by atoms with Gasteiger partial charge < -0.3 is 10.0 Å². The van der Waals surface area contributed by atoms with Crippen LogP contribution in [0.5, 0.6) is 0 Å². The Labute approximate surface area is 136 Å². The summed E-state index contributed by atoms with van der Waals surface area (Å²) < 4.78 is 1.63. The number of aliphatic hydroxyl groups excluding tert-OH is 1. The van der Waals surface area contributed by atoms with Gasteiger partial charge in [-0.05, 0) is 19.8 Å². The summed E-state index contributed by atoms with van der Waals surface area (Å²) in [6, 6.07) is 0.276. The molecule has 8 nitrogen and oxygen atoms in total. The molecule has 2 unspecified atom stereocenters. The van der Waals surface area contributed by atoms with Gasteiger partial charge in [-0.3, -0.25) is 15.0 Å². The van der Waals surface area contributed by atoms with Crippen molar-refractivity contribution in [2.75, 3.05) is 31.1 Å². The molecule has 8 heteroatoms. The molecule has 1 aromatic heterocycles. The van der Waals surface area contributed by atoms with E-state index in [2.05, 4.69) is 21.8 Å². The van der Waals surface area contributed by atoms with Crippen LogP contribution in [0.2, 0.25) is 0 Å². The highest BCUT2D eigenvalue weighted by Gasteiger charge is 2.34. The van der Waals surface area contributed by atoms with Crippen molar-refractivity contribution in [2.24, 2.45) is 7.05 Å². The number of rotatable bonds is 6. The van der Waals surface area contributed by atoms with Gasteiger partial charge in [0.2, 0.25) is 5.82 Å². The van der Waals surface area contributed by atoms with E-state index in [0.717, 1.165) is 13.0 Å². The topological polar surface area (TPSA) is 87.7 Å². The first kappa shape index (κ1) is 17.7. The summed E-state index contributed by atoms with van der Waals surface area (Å²) in [5.74, 6) is 0.599. The summed E-state index contributed by atoms with van der Waals surface area (Å²) in [7, 11) is 1.77. The summed E-state index contributed by atoms with van der Waals surface area (Å²) >= 11 is 0. The minimum Gasteiger partial charge on any atom is -0.392 e. The third-order valence-electron chi connectivity index (χ3n) is 4.45. The van der Waals surface area contributed by atoms with Crippen LogP contribution in [-0.4, -0.2) is 63.0 Å². The van der Waals surface area contributed by atoms with Crippen molar-refractivity contribution < 1.29 is 10.0 Å². The summed E-state index contributed by atoms with van der Waals surface area (Å²) in [6.45, 7) is 8.62. The lowest BCUT2D eigenvalue weighted by atomic mass is 10.1. The minimum atomic E-state index is -0.367. The van der Waals surface area contributed by atoms with E-state index in [4.69, 9.17) is 0 Å². The molecule has 0 saturated carbocycles. The van der Waals surface area contributed by atoms with E-state index < -0.39 is 0 Å². The quantitative estimate of drug-likeness (QED) is 0.624. The molecule has 0 bridgehead atoms. The second-order valence-corrected chi connectivity index (χ2v) is 6.21. The van der Waals surface area contributed by atoms with Gasteiger partial charge in [-0.1, -0.05) is 13.8 Å². The molecule has 130 valence electrons. The first-order chi connectivity index (χ1) is 10.9. The second-order valence-electron chi connectivity index (χ2n) is 6.21. The molecule has 2 atom stereocenters. The Bertz CT molecular complexity index is 558. The highest BCUT2D eigenvalue weighted by molar-refractivity contribution is 5.62. The van der Waals surface area contributed by atoms with Crippen LogP contribution >= 0.6 is 0 Å². The molecule has 2 rings (SSSR count). The monoisotopic (exact) mass is 325 g/mol. The zero-order chi connectivity index (χ0) is 17.1. The molecule has 1 N–H and O–H groups in total. The number of aryl methyl sites for hydroxylation is 2. The van der Waals surface area contributed by atoms with Crippen LogP contribution in [0.1, 0.15) is 32.9 Å². The Hall–Kier alpha value is -1.67. The summed E-state index contributed by atoms with van der Waals surface area (Å²) in [4.78, 5) is 15.5. The molecule has 1 aromatic rings. The van der Waals surface area contributed by atoms with Crippen molar-refractivity contribution in [3.63, 3.8) is 0 Å². The van der Waals surface area contributed by atoms with E-state index in [1.807, 2.05) is 6.92 Å². The zero-order valence-corrected chi connectivity index (χ0v) is 14.4. The third kappa shape index (κ3) is 3.64. The predicted octanol–water partition coefficient (Wildman–Crippen LogP) is 1.17. The molecule has 1 fully saturated rings. The van der Waals surface area contributed by atoms with Crippen LogP contribution < -0.4 is 4.90 Å². The molecule has 0 aromatic carbocycles. The third-order valence-corrected chi connectivity index (χ3v) is 4.45. The Morgan fingerprint density at radius 2 is 2.13 bits per heavy atom. The first-order valence-corrected chi connectivity index (χ1v) is 8.26. The fraction of sp³-hybridized carbons (Fsp3) is 0.800. The Balaban J connectivity index is 2.27. The number of aliphatic hydroxyl groups is 1. The maximum absolute atomic E-state index is 11.5. The lowest BCUT2D eigenvalue weighted by Gasteiger charge is -2.42. The van der Waals surface area contributed by atoms with E-state index in [-0.39, 0.29) is 22.8 Å². The normalized spacial score (nSPS) is 20.7. The highest BCUT2D eigenvalue weighted by atomic mass is 16.6. The number of piperazine rings is 1. The largest absolute Gasteiger partial charge is 0.392 e. The molecule has 0 spiro atoms. The standard InChI is InChI=1S/C15H27N5O3/c1-5-12-10-19(8-7-18(12)9-11(3)21)15-14(20(22)23)13(6-2)16-17(15)4/h11-12,21H,5-10H2,1-4H3. The zero-order valence-electron chi connectivity index (χ0n) is 14.4. The molecule has 0 aliphatic carbocycles. The Morgan fingerprint density at radius 1 is 1.43 bits per heavy atom. The first-order valence-electron chi connectivity index (χ1n) is 8.26. The predicted molar refractivity (Wildman–Crippen MR) is 88.8 cm³/mol. The molecule has 1 saturated heterocycles. The number of β-amino-alcohol motifs (C(OH)–C–C–N with tert-alkyl or cyclic N) is 1.